The molecule has 3 rings (SSSR count). The van der Waals surface area contributed by atoms with E-state index in [1.165, 1.54) is 18.3 Å². The Bertz CT molecular complexity index is 903. The second-order valence-electron chi connectivity index (χ2n) is 5.07. The van der Waals surface area contributed by atoms with Gasteiger partial charge in [0.25, 0.3) is 0 Å². The van der Waals surface area contributed by atoms with E-state index >= 15 is 0 Å². The van der Waals surface area contributed by atoms with Crippen molar-refractivity contribution in [1.29, 1.82) is 5.26 Å². The number of carbonyl (C=O) groups is 1. The quantitative estimate of drug-likeness (QED) is 0.845. The average molecular weight is 329 g/mol. The molecule has 1 amide bonds. The molecular formula is C16H15N3O3S. The normalized spacial score (nSPS) is 13.0. The molecular weight excluding hydrogens is 314 g/mol. The molecule has 1 aliphatic rings. The summed E-state index contributed by atoms with van der Waals surface area (Å²) in [7, 11) is 3.18. The van der Waals surface area contributed by atoms with Crippen molar-refractivity contribution in [2.45, 2.75) is 19.9 Å². The van der Waals surface area contributed by atoms with Crippen LogP contribution in [0.1, 0.15) is 17.4 Å². The summed E-state index contributed by atoms with van der Waals surface area (Å²) in [6.45, 7) is 2.07. The van der Waals surface area contributed by atoms with E-state index in [1.807, 2.05) is 16.7 Å². The number of aryl methyl sites for hydroxylation is 1. The van der Waals surface area contributed by atoms with Crippen LogP contribution in [0.2, 0.25) is 0 Å². The maximum Gasteiger partial charge on any atom is 0.245 e. The molecule has 0 saturated heterocycles. The first-order valence-electron chi connectivity index (χ1n) is 7.03. The fourth-order valence-corrected chi connectivity index (χ4v) is 3.77. The third-order valence-electron chi connectivity index (χ3n) is 3.73. The van der Waals surface area contributed by atoms with Crippen molar-refractivity contribution in [1.82, 2.24) is 4.57 Å². The van der Waals surface area contributed by atoms with Crippen LogP contribution in [-0.4, -0.2) is 24.7 Å². The summed E-state index contributed by atoms with van der Waals surface area (Å²) >= 11 is 1.23. The lowest BCUT2D eigenvalue weighted by Gasteiger charge is -2.21. The number of thiazole rings is 1. The number of aromatic nitrogens is 1. The van der Waals surface area contributed by atoms with Gasteiger partial charge in [0.05, 0.1) is 19.9 Å². The topological polar surface area (TPSA) is 76.6 Å². The summed E-state index contributed by atoms with van der Waals surface area (Å²) in [5, 5.41) is 9.46. The summed E-state index contributed by atoms with van der Waals surface area (Å²) in [6, 6.07) is 6.03. The van der Waals surface area contributed by atoms with Crippen molar-refractivity contribution in [3.05, 3.63) is 27.4 Å². The highest BCUT2D eigenvalue weighted by molar-refractivity contribution is 7.10. The molecule has 2 aromatic rings. The molecule has 0 spiro atoms. The van der Waals surface area contributed by atoms with Crippen molar-refractivity contribution in [3.63, 3.8) is 0 Å². The Morgan fingerprint density at radius 2 is 2.04 bits per heavy atom. The van der Waals surface area contributed by atoms with E-state index in [-0.39, 0.29) is 5.91 Å². The molecule has 0 saturated carbocycles. The van der Waals surface area contributed by atoms with E-state index in [0.29, 0.717) is 27.7 Å². The van der Waals surface area contributed by atoms with Crippen LogP contribution < -0.4 is 14.3 Å². The van der Waals surface area contributed by atoms with E-state index in [2.05, 4.69) is 11.1 Å². The second-order valence-corrected chi connectivity index (χ2v) is 6.05. The molecule has 118 valence electrons. The summed E-state index contributed by atoms with van der Waals surface area (Å²) in [5.41, 5.74) is 2.80. The number of hydrogen-bond donors (Lipinski definition) is 0. The van der Waals surface area contributed by atoms with Crippen molar-refractivity contribution < 1.29 is 14.3 Å². The largest absolute Gasteiger partial charge is 0.493 e. The van der Waals surface area contributed by atoms with E-state index in [0.717, 1.165) is 23.2 Å². The highest BCUT2D eigenvalue weighted by atomic mass is 32.1. The third-order valence-corrected chi connectivity index (χ3v) is 4.72. The lowest BCUT2D eigenvalue weighted by Crippen LogP contribution is -2.22. The number of rotatable bonds is 2. The van der Waals surface area contributed by atoms with Crippen molar-refractivity contribution >= 4 is 17.2 Å². The van der Waals surface area contributed by atoms with Gasteiger partial charge in [0.15, 0.2) is 16.3 Å². The van der Waals surface area contributed by atoms with Gasteiger partial charge in [-0.1, -0.05) is 11.3 Å². The van der Waals surface area contributed by atoms with Crippen LogP contribution in [0.15, 0.2) is 17.1 Å². The van der Waals surface area contributed by atoms with Crippen molar-refractivity contribution in [3.8, 4) is 28.8 Å². The van der Waals surface area contributed by atoms with E-state index in [1.54, 1.807) is 14.2 Å². The van der Waals surface area contributed by atoms with Crippen molar-refractivity contribution in [2.75, 3.05) is 14.2 Å². The molecule has 2 heterocycles. The van der Waals surface area contributed by atoms with Gasteiger partial charge in [0, 0.05) is 19.0 Å². The van der Waals surface area contributed by atoms with Crippen LogP contribution in [0.4, 0.5) is 0 Å². The second kappa shape index (κ2) is 5.89. The zero-order valence-electron chi connectivity index (χ0n) is 13.0. The summed E-state index contributed by atoms with van der Waals surface area (Å²) in [6.07, 6.45) is 0.773. The Kier molecular flexibility index (Phi) is 3.92. The molecule has 1 aromatic carbocycles. The SMILES string of the molecule is COc1cc2c(cc1OC)-c1c(C#N)sc(=NC(C)=O)n1CC2. The summed E-state index contributed by atoms with van der Waals surface area (Å²) in [5.74, 6) is 1.01. The van der Waals surface area contributed by atoms with Gasteiger partial charge in [-0.15, -0.1) is 0 Å². The first kappa shape index (κ1) is 15.3. The Labute approximate surface area is 137 Å². The van der Waals surface area contributed by atoms with Gasteiger partial charge in [-0.2, -0.15) is 10.3 Å². The number of hydrogen-bond acceptors (Lipinski definition) is 5. The monoisotopic (exact) mass is 329 g/mol. The number of amides is 1. The zero-order valence-corrected chi connectivity index (χ0v) is 13.9. The molecule has 0 aliphatic carbocycles. The van der Waals surface area contributed by atoms with Gasteiger partial charge in [0.2, 0.25) is 5.91 Å². The number of carbonyl (C=O) groups excluding carboxylic acids is 1. The lowest BCUT2D eigenvalue weighted by atomic mass is 9.96. The first-order valence-corrected chi connectivity index (χ1v) is 7.85. The molecule has 0 unspecified atom stereocenters. The van der Waals surface area contributed by atoms with Gasteiger partial charge in [-0.05, 0) is 24.1 Å². The van der Waals surface area contributed by atoms with Gasteiger partial charge >= 0.3 is 0 Å². The molecule has 0 bridgehead atoms. The van der Waals surface area contributed by atoms with Crippen LogP contribution >= 0.6 is 11.3 Å². The maximum absolute atomic E-state index is 11.3. The maximum atomic E-state index is 11.3. The van der Waals surface area contributed by atoms with Gasteiger partial charge in [-0.3, -0.25) is 4.79 Å². The van der Waals surface area contributed by atoms with Crippen LogP contribution in [0.3, 0.4) is 0 Å². The number of nitrogens with zero attached hydrogens (tertiary/aromatic N) is 3. The van der Waals surface area contributed by atoms with Crippen LogP contribution in [0, 0.1) is 11.3 Å². The fourth-order valence-electron chi connectivity index (χ4n) is 2.76. The molecule has 0 radical (unpaired) electrons. The molecule has 1 aromatic heterocycles. The number of ether oxygens (including phenoxy) is 2. The van der Waals surface area contributed by atoms with Crippen molar-refractivity contribution in [2.24, 2.45) is 4.99 Å². The first-order chi connectivity index (χ1) is 11.1. The number of fused-ring (bicyclic) bond motifs is 3. The van der Waals surface area contributed by atoms with E-state index in [9.17, 15) is 10.1 Å². The average Bonchev–Trinajstić information content (AvgIpc) is 2.90. The van der Waals surface area contributed by atoms with Crippen LogP contribution in [-0.2, 0) is 17.8 Å². The molecule has 23 heavy (non-hydrogen) atoms. The third kappa shape index (κ3) is 2.51. The minimum atomic E-state index is -0.274. The Balaban J connectivity index is 2.31. The Morgan fingerprint density at radius 3 is 2.65 bits per heavy atom. The molecule has 0 N–H and O–H groups in total. The Morgan fingerprint density at radius 1 is 1.35 bits per heavy atom. The highest BCUT2D eigenvalue weighted by Crippen LogP contribution is 2.39. The van der Waals surface area contributed by atoms with E-state index < -0.39 is 0 Å². The number of benzene rings is 1. The van der Waals surface area contributed by atoms with Gasteiger partial charge < -0.3 is 14.0 Å². The standard InChI is InChI=1S/C16H15N3O3S/c1-9(20)18-16-19-5-4-10-6-12(21-2)13(22-3)7-11(10)15(19)14(8-17)23-16/h6-7H,4-5H2,1-3H3. The minimum absolute atomic E-state index is 0.274. The molecule has 0 atom stereocenters. The number of methoxy groups -OCH3 is 2. The lowest BCUT2D eigenvalue weighted by molar-refractivity contribution is -0.116. The van der Waals surface area contributed by atoms with Crippen LogP contribution in [0.25, 0.3) is 11.3 Å². The van der Waals surface area contributed by atoms with Gasteiger partial charge in [-0.25, -0.2) is 0 Å². The number of nitriles is 1. The zero-order chi connectivity index (χ0) is 16.6. The fraction of sp³-hybridized carbons (Fsp3) is 0.312. The smallest absolute Gasteiger partial charge is 0.245 e. The van der Waals surface area contributed by atoms with Gasteiger partial charge in [0.1, 0.15) is 10.9 Å². The van der Waals surface area contributed by atoms with E-state index in [4.69, 9.17) is 9.47 Å². The summed E-state index contributed by atoms with van der Waals surface area (Å²) in [4.78, 5) is 16.5. The highest BCUT2D eigenvalue weighted by Gasteiger charge is 2.24. The molecule has 7 heteroatoms. The predicted molar refractivity (Wildman–Crippen MR) is 85.5 cm³/mol. The summed E-state index contributed by atoms with van der Waals surface area (Å²) < 4.78 is 12.6. The Hall–Kier alpha value is -2.59. The predicted octanol–water partition coefficient (Wildman–Crippen LogP) is 2.11. The minimum Gasteiger partial charge on any atom is -0.493 e. The molecule has 1 aliphatic heterocycles. The molecule has 0 fully saturated rings. The van der Waals surface area contributed by atoms with Crippen LogP contribution in [0.5, 0.6) is 11.5 Å². The molecule has 6 nitrogen and oxygen atoms in total.